The average Bonchev–Trinajstić information content (AvgIpc) is 3.09. The van der Waals surface area contributed by atoms with Crippen molar-refractivity contribution in [3.8, 4) is 5.88 Å². The monoisotopic (exact) mass is 236 g/mol. The van der Waals surface area contributed by atoms with Gasteiger partial charge in [-0.1, -0.05) is 20.3 Å². The Morgan fingerprint density at radius 1 is 1.47 bits per heavy atom. The van der Waals surface area contributed by atoms with Gasteiger partial charge in [-0.2, -0.15) is 4.98 Å². The minimum atomic E-state index is 0.484. The van der Waals surface area contributed by atoms with Crippen LogP contribution in [0.3, 0.4) is 0 Å². The van der Waals surface area contributed by atoms with E-state index >= 15 is 0 Å². The zero-order valence-corrected chi connectivity index (χ0v) is 10.4. The van der Waals surface area contributed by atoms with Crippen LogP contribution in [-0.2, 0) is 0 Å². The Kier molecular flexibility index (Phi) is 3.66. The molecular formula is C12H20N4O. The van der Waals surface area contributed by atoms with Gasteiger partial charge in [0.05, 0.1) is 6.61 Å². The lowest BCUT2D eigenvalue weighted by molar-refractivity contribution is 0.306. The van der Waals surface area contributed by atoms with Gasteiger partial charge in [-0.05, 0) is 18.8 Å². The van der Waals surface area contributed by atoms with Gasteiger partial charge < -0.3 is 15.8 Å². The van der Waals surface area contributed by atoms with Gasteiger partial charge in [0.1, 0.15) is 12.0 Å². The van der Waals surface area contributed by atoms with Crippen LogP contribution in [0.1, 0.15) is 33.1 Å². The Balaban J connectivity index is 2.02. The first-order valence-electron chi connectivity index (χ1n) is 6.26. The van der Waals surface area contributed by atoms with E-state index in [-0.39, 0.29) is 0 Å². The maximum absolute atomic E-state index is 5.97. The summed E-state index contributed by atoms with van der Waals surface area (Å²) in [7, 11) is 0. The molecule has 94 valence electrons. The molecule has 5 heteroatoms. The molecule has 0 amide bonds. The second-order valence-corrected chi connectivity index (χ2v) is 4.44. The lowest BCUT2D eigenvalue weighted by atomic mass is 10.3. The summed E-state index contributed by atoms with van der Waals surface area (Å²) in [5, 5.41) is 3.35. The Morgan fingerprint density at radius 3 is 2.94 bits per heavy atom. The van der Waals surface area contributed by atoms with Crippen LogP contribution < -0.4 is 15.8 Å². The first kappa shape index (κ1) is 12.0. The molecule has 2 unspecified atom stereocenters. The molecule has 1 saturated carbocycles. The molecule has 5 nitrogen and oxygen atoms in total. The van der Waals surface area contributed by atoms with E-state index in [4.69, 9.17) is 10.5 Å². The highest BCUT2D eigenvalue weighted by atomic mass is 16.5. The first-order chi connectivity index (χ1) is 8.26. The zero-order chi connectivity index (χ0) is 12.3. The summed E-state index contributed by atoms with van der Waals surface area (Å²) in [6.07, 6.45) is 4.83. The van der Waals surface area contributed by atoms with Crippen molar-refractivity contribution in [3.05, 3.63) is 6.33 Å². The van der Waals surface area contributed by atoms with Crippen LogP contribution >= 0.6 is 0 Å². The van der Waals surface area contributed by atoms with Gasteiger partial charge in [-0.15, -0.1) is 0 Å². The number of nitrogens with one attached hydrogen (secondary N) is 1. The second kappa shape index (κ2) is 5.21. The molecule has 1 aliphatic carbocycles. The molecule has 2 rings (SSSR count). The van der Waals surface area contributed by atoms with Crippen LogP contribution in [-0.4, -0.2) is 22.6 Å². The summed E-state index contributed by atoms with van der Waals surface area (Å²) < 4.78 is 5.47. The minimum Gasteiger partial charge on any atom is -0.476 e. The van der Waals surface area contributed by atoms with Crippen molar-refractivity contribution >= 4 is 11.5 Å². The van der Waals surface area contributed by atoms with Crippen molar-refractivity contribution < 1.29 is 4.74 Å². The molecule has 1 aromatic rings. The number of ether oxygens (including phenoxy) is 1. The molecule has 0 bridgehead atoms. The quantitative estimate of drug-likeness (QED) is 0.791. The van der Waals surface area contributed by atoms with Crippen molar-refractivity contribution in [2.45, 2.75) is 39.2 Å². The molecule has 0 radical (unpaired) electrons. The standard InChI is InChI=1S/C12H20N4O/c1-3-5-17-12-10(13)11(14-7-15-12)16-9-6-8(9)4-2/h7-9H,3-6,13H2,1-2H3,(H,14,15,16). The van der Waals surface area contributed by atoms with Crippen LogP contribution in [0.2, 0.25) is 0 Å². The molecule has 0 spiro atoms. The first-order valence-corrected chi connectivity index (χ1v) is 6.26. The van der Waals surface area contributed by atoms with Crippen molar-refractivity contribution in [1.29, 1.82) is 0 Å². The SMILES string of the molecule is CCCOc1ncnc(NC2CC2CC)c1N. The Bertz CT molecular complexity index is 383. The highest BCUT2D eigenvalue weighted by Gasteiger charge is 2.35. The Morgan fingerprint density at radius 2 is 2.29 bits per heavy atom. The third-order valence-corrected chi connectivity index (χ3v) is 3.06. The van der Waals surface area contributed by atoms with Gasteiger partial charge in [0.2, 0.25) is 5.88 Å². The molecule has 0 aliphatic heterocycles. The number of nitrogen functional groups attached to an aromatic ring is 1. The summed E-state index contributed by atoms with van der Waals surface area (Å²) in [5.74, 6) is 1.94. The fraction of sp³-hybridized carbons (Fsp3) is 0.667. The molecule has 17 heavy (non-hydrogen) atoms. The zero-order valence-electron chi connectivity index (χ0n) is 10.4. The summed E-state index contributed by atoms with van der Waals surface area (Å²) >= 11 is 0. The lowest BCUT2D eigenvalue weighted by Gasteiger charge is -2.11. The van der Waals surface area contributed by atoms with E-state index in [0.717, 1.165) is 12.3 Å². The molecular weight excluding hydrogens is 216 g/mol. The second-order valence-electron chi connectivity index (χ2n) is 4.44. The van der Waals surface area contributed by atoms with E-state index in [2.05, 4.69) is 22.2 Å². The van der Waals surface area contributed by atoms with Crippen LogP contribution in [0.4, 0.5) is 11.5 Å². The number of hydrogen-bond acceptors (Lipinski definition) is 5. The summed E-state index contributed by atoms with van der Waals surface area (Å²) in [5.41, 5.74) is 6.49. The van der Waals surface area contributed by atoms with Crippen molar-refractivity contribution in [1.82, 2.24) is 9.97 Å². The molecule has 0 saturated heterocycles. The Hall–Kier alpha value is -1.52. The van der Waals surface area contributed by atoms with Gasteiger partial charge in [-0.25, -0.2) is 4.98 Å². The molecule has 2 atom stereocenters. The number of rotatable bonds is 6. The molecule has 1 fully saturated rings. The Labute approximate surface area is 102 Å². The molecule has 0 aromatic carbocycles. The van der Waals surface area contributed by atoms with Crippen molar-refractivity contribution in [3.63, 3.8) is 0 Å². The van der Waals surface area contributed by atoms with Gasteiger partial charge in [0, 0.05) is 6.04 Å². The third kappa shape index (κ3) is 2.78. The maximum atomic E-state index is 5.97. The highest BCUT2D eigenvalue weighted by molar-refractivity contribution is 5.67. The summed E-state index contributed by atoms with van der Waals surface area (Å²) in [4.78, 5) is 8.21. The van der Waals surface area contributed by atoms with E-state index in [1.165, 1.54) is 19.2 Å². The number of nitrogens with two attached hydrogens (primary N) is 1. The smallest absolute Gasteiger partial charge is 0.242 e. The predicted octanol–water partition coefficient (Wildman–Crippen LogP) is 2.06. The highest BCUT2D eigenvalue weighted by Crippen LogP contribution is 2.37. The lowest BCUT2D eigenvalue weighted by Crippen LogP contribution is -2.11. The van der Waals surface area contributed by atoms with Gasteiger partial charge in [0.25, 0.3) is 0 Å². The van der Waals surface area contributed by atoms with Crippen molar-refractivity contribution in [2.75, 3.05) is 17.7 Å². The van der Waals surface area contributed by atoms with Gasteiger partial charge in [0.15, 0.2) is 5.82 Å². The largest absolute Gasteiger partial charge is 0.476 e. The number of anilines is 2. The number of hydrogen-bond donors (Lipinski definition) is 2. The average molecular weight is 236 g/mol. The van der Waals surface area contributed by atoms with Crippen LogP contribution in [0.15, 0.2) is 6.33 Å². The number of nitrogens with zero attached hydrogens (tertiary/aromatic N) is 2. The number of aromatic nitrogens is 2. The summed E-state index contributed by atoms with van der Waals surface area (Å²) in [6.45, 7) is 4.87. The predicted molar refractivity (Wildman–Crippen MR) is 68.0 cm³/mol. The molecule has 1 aromatic heterocycles. The minimum absolute atomic E-state index is 0.484. The van der Waals surface area contributed by atoms with E-state index < -0.39 is 0 Å². The van der Waals surface area contributed by atoms with Crippen LogP contribution in [0.5, 0.6) is 5.88 Å². The molecule has 1 aliphatic rings. The fourth-order valence-electron chi connectivity index (χ4n) is 1.86. The summed E-state index contributed by atoms with van der Waals surface area (Å²) in [6, 6.07) is 0.510. The topological polar surface area (TPSA) is 73.1 Å². The van der Waals surface area contributed by atoms with Crippen LogP contribution in [0, 0.1) is 5.92 Å². The van der Waals surface area contributed by atoms with Gasteiger partial charge in [-0.3, -0.25) is 0 Å². The van der Waals surface area contributed by atoms with E-state index in [1.807, 2.05) is 6.92 Å². The molecule has 1 heterocycles. The third-order valence-electron chi connectivity index (χ3n) is 3.06. The van der Waals surface area contributed by atoms with Gasteiger partial charge >= 0.3 is 0 Å². The molecule has 3 N–H and O–H groups in total. The fourth-order valence-corrected chi connectivity index (χ4v) is 1.86. The van der Waals surface area contributed by atoms with E-state index in [9.17, 15) is 0 Å². The maximum Gasteiger partial charge on any atom is 0.242 e. The van der Waals surface area contributed by atoms with E-state index in [1.54, 1.807) is 0 Å². The van der Waals surface area contributed by atoms with Crippen molar-refractivity contribution in [2.24, 2.45) is 5.92 Å². The van der Waals surface area contributed by atoms with Crippen LogP contribution in [0.25, 0.3) is 0 Å². The van der Waals surface area contributed by atoms with E-state index in [0.29, 0.717) is 30.0 Å². The normalized spacial score (nSPS) is 22.2.